The first-order valence-corrected chi connectivity index (χ1v) is 10.7. The number of aryl methyl sites for hydroxylation is 2. The van der Waals surface area contributed by atoms with Gasteiger partial charge in [-0.3, -0.25) is 9.78 Å². The maximum absolute atomic E-state index is 12.3. The number of H-pyrrole nitrogens is 1. The summed E-state index contributed by atoms with van der Waals surface area (Å²) in [6.45, 7) is 5.65. The standard InChI is InChI=1S/C25H22N6O/c1-15-10-22-26-8-6-23(32)31(22)29-25(15)30-9-7-20-18(14-30)11-17(13-28-20)19-4-3-5-21-24(19)16(2)12-27-21/h3-6,8,10-13,27H,7,9,14H2,1-2H3. The Kier molecular flexibility index (Phi) is 4.11. The molecule has 1 aromatic carbocycles. The third-order valence-electron chi connectivity index (χ3n) is 6.30. The largest absolute Gasteiger partial charge is 0.361 e. The van der Waals surface area contributed by atoms with Crippen LogP contribution in [0, 0.1) is 13.8 Å². The second kappa shape index (κ2) is 7.02. The number of hydrogen-bond donors (Lipinski definition) is 1. The molecule has 0 radical (unpaired) electrons. The third kappa shape index (κ3) is 2.89. The number of benzene rings is 1. The van der Waals surface area contributed by atoms with Crippen LogP contribution in [0.3, 0.4) is 0 Å². The lowest BCUT2D eigenvalue weighted by Gasteiger charge is -2.30. The summed E-state index contributed by atoms with van der Waals surface area (Å²) in [6, 6.07) is 11.9. The van der Waals surface area contributed by atoms with Gasteiger partial charge < -0.3 is 9.88 Å². The van der Waals surface area contributed by atoms with Gasteiger partial charge in [-0.25, -0.2) is 4.98 Å². The van der Waals surface area contributed by atoms with Crippen molar-refractivity contribution in [3.63, 3.8) is 0 Å². The van der Waals surface area contributed by atoms with E-state index in [0.717, 1.165) is 41.1 Å². The molecule has 0 saturated carbocycles. The van der Waals surface area contributed by atoms with Crippen LogP contribution in [0.15, 0.2) is 59.8 Å². The smallest absolute Gasteiger partial charge is 0.274 e. The second-order valence-electron chi connectivity index (χ2n) is 8.41. The summed E-state index contributed by atoms with van der Waals surface area (Å²) in [5.74, 6) is 0.812. The highest BCUT2D eigenvalue weighted by molar-refractivity contribution is 5.97. The first-order chi connectivity index (χ1) is 15.6. The molecule has 0 amide bonds. The molecule has 5 aromatic rings. The molecule has 0 saturated heterocycles. The van der Waals surface area contributed by atoms with E-state index in [4.69, 9.17) is 4.98 Å². The van der Waals surface area contributed by atoms with Gasteiger partial charge in [0.15, 0.2) is 11.5 Å². The normalized spacial score (nSPS) is 13.6. The van der Waals surface area contributed by atoms with E-state index in [2.05, 4.69) is 51.2 Å². The van der Waals surface area contributed by atoms with Gasteiger partial charge in [0, 0.05) is 66.3 Å². The highest BCUT2D eigenvalue weighted by atomic mass is 16.1. The first kappa shape index (κ1) is 18.7. The molecule has 0 unspecified atom stereocenters. The molecule has 7 heteroatoms. The predicted octanol–water partition coefficient (Wildman–Crippen LogP) is 3.81. The van der Waals surface area contributed by atoms with Crippen molar-refractivity contribution in [1.29, 1.82) is 0 Å². The number of nitrogens with one attached hydrogen (secondary N) is 1. The first-order valence-electron chi connectivity index (χ1n) is 10.7. The zero-order valence-electron chi connectivity index (χ0n) is 18.0. The molecule has 6 rings (SSSR count). The number of aromatic amines is 1. The lowest BCUT2D eigenvalue weighted by molar-refractivity contribution is 0.686. The molecule has 1 aliphatic heterocycles. The van der Waals surface area contributed by atoms with Crippen LogP contribution in [-0.2, 0) is 13.0 Å². The quantitative estimate of drug-likeness (QED) is 0.468. The maximum Gasteiger partial charge on any atom is 0.274 e. The van der Waals surface area contributed by atoms with Gasteiger partial charge in [-0.2, -0.15) is 4.52 Å². The number of pyridine rings is 1. The number of anilines is 1. The molecule has 158 valence electrons. The van der Waals surface area contributed by atoms with Crippen LogP contribution >= 0.6 is 0 Å². The summed E-state index contributed by atoms with van der Waals surface area (Å²) in [5, 5.41) is 5.88. The molecule has 5 heterocycles. The fraction of sp³-hybridized carbons (Fsp3) is 0.200. The van der Waals surface area contributed by atoms with E-state index in [1.807, 2.05) is 25.4 Å². The van der Waals surface area contributed by atoms with Gasteiger partial charge in [0.05, 0.1) is 0 Å². The summed E-state index contributed by atoms with van der Waals surface area (Å²) in [4.78, 5) is 26.9. The van der Waals surface area contributed by atoms with E-state index in [1.165, 1.54) is 38.9 Å². The van der Waals surface area contributed by atoms with Gasteiger partial charge in [-0.15, -0.1) is 5.10 Å². The van der Waals surface area contributed by atoms with Crippen LogP contribution in [0.4, 0.5) is 5.82 Å². The zero-order valence-corrected chi connectivity index (χ0v) is 18.0. The van der Waals surface area contributed by atoms with Crippen LogP contribution in [0.5, 0.6) is 0 Å². The summed E-state index contributed by atoms with van der Waals surface area (Å²) in [6.07, 6.45) is 6.40. The maximum atomic E-state index is 12.3. The molecule has 0 fully saturated rings. The Morgan fingerprint density at radius 2 is 1.97 bits per heavy atom. The van der Waals surface area contributed by atoms with E-state index in [9.17, 15) is 4.79 Å². The average molecular weight is 422 g/mol. The van der Waals surface area contributed by atoms with Crippen molar-refractivity contribution in [3.8, 4) is 11.1 Å². The number of nitrogens with zero attached hydrogens (tertiary/aromatic N) is 5. The van der Waals surface area contributed by atoms with E-state index in [0.29, 0.717) is 12.2 Å². The Bertz CT molecular complexity index is 1560. The molecule has 0 bridgehead atoms. The Balaban J connectivity index is 1.42. The monoisotopic (exact) mass is 422 g/mol. The van der Waals surface area contributed by atoms with Gasteiger partial charge >= 0.3 is 0 Å². The predicted molar refractivity (Wildman–Crippen MR) is 125 cm³/mol. The Morgan fingerprint density at radius 3 is 2.88 bits per heavy atom. The number of fused-ring (bicyclic) bond motifs is 3. The minimum Gasteiger partial charge on any atom is -0.361 e. The van der Waals surface area contributed by atoms with E-state index in [-0.39, 0.29) is 5.56 Å². The molecule has 4 aromatic heterocycles. The Labute approximate surface area is 184 Å². The highest BCUT2D eigenvalue weighted by Crippen LogP contribution is 2.33. The van der Waals surface area contributed by atoms with Crippen LogP contribution in [0.25, 0.3) is 27.7 Å². The number of hydrogen-bond acceptors (Lipinski definition) is 5. The summed E-state index contributed by atoms with van der Waals surface area (Å²) < 4.78 is 1.38. The number of rotatable bonds is 2. The molecular weight excluding hydrogens is 400 g/mol. The molecule has 1 N–H and O–H groups in total. The lowest BCUT2D eigenvalue weighted by atomic mass is 9.97. The summed E-state index contributed by atoms with van der Waals surface area (Å²) in [7, 11) is 0. The van der Waals surface area contributed by atoms with Crippen molar-refractivity contribution in [3.05, 3.63) is 87.7 Å². The van der Waals surface area contributed by atoms with Crippen molar-refractivity contribution in [2.75, 3.05) is 11.4 Å². The fourth-order valence-corrected chi connectivity index (χ4v) is 4.71. The van der Waals surface area contributed by atoms with Gasteiger partial charge in [0.25, 0.3) is 5.56 Å². The van der Waals surface area contributed by atoms with Gasteiger partial charge in [0.2, 0.25) is 0 Å². The minimum atomic E-state index is -0.174. The SMILES string of the molecule is Cc1cc2nccc(=O)n2nc1N1CCc2ncc(-c3cccc4[nH]cc(C)c34)cc2C1. The van der Waals surface area contributed by atoms with Gasteiger partial charge in [-0.1, -0.05) is 12.1 Å². The summed E-state index contributed by atoms with van der Waals surface area (Å²) >= 11 is 0. The molecule has 0 aliphatic carbocycles. The molecular formula is C25H22N6O. The number of aromatic nitrogens is 5. The van der Waals surface area contributed by atoms with Crippen LogP contribution in [0.1, 0.15) is 22.4 Å². The Hall–Kier alpha value is -4.00. The molecule has 32 heavy (non-hydrogen) atoms. The zero-order chi connectivity index (χ0) is 21.8. The van der Waals surface area contributed by atoms with Crippen molar-refractivity contribution in [2.24, 2.45) is 0 Å². The highest BCUT2D eigenvalue weighted by Gasteiger charge is 2.22. The van der Waals surface area contributed by atoms with Crippen LogP contribution < -0.4 is 10.5 Å². The van der Waals surface area contributed by atoms with Crippen molar-refractivity contribution < 1.29 is 0 Å². The third-order valence-corrected chi connectivity index (χ3v) is 6.30. The van der Waals surface area contributed by atoms with E-state index in [1.54, 1.807) is 0 Å². The van der Waals surface area contributed by atoms with E-state index < -0.39 is 0 Å². The lowest BCUT2D eigenvalue weighted by Crippen LogP contribution is -2.33. The summed E-state index contributed by atoms with van der Waals surface area (Å²) in [5.41, 5.74) is 8.37. The van der Waals surface area contributed by atoms with Gasteiger partial charge in [-0.05, 0) is 54.3 Å². The van der Waals surface area contributed by atoms with Gasteiger partial charge in [0.1, 0.15) is 0 Å². The Morgan fingerprint density at radius 1 is 1.06 bits per heavy atom. The van der Waals surface area contributed by atoms with Crippen molar-refractivity contribution in [1.82, 2.24) is 24.6 Å². The van der Waals surface area contributed by atoms with Crippen molar-refractivity contribution in [2.45, 2.75) is 26.8 Å². The van der Waals surface area contributed by atoms with Crippen LogP contribution in [-0.4, -0.2) is 31.1 Å². The topological polar surface area (TPSA) is 79.2 Å². The van der Waals surface area contributed by atoms with Crippen LogP contribution in [0.2, 0.25) is 0 Å². The molecule has 1 aliphatic rings. The minimum absolute atomic E-state index is 0.174. The second-order valence-corrected chi connectivity index (χ2v) is 8.41. The molecule has 7 nitrogen and oxygen atoms in total. The van der Waals surface area contributed by atoms with Crippen molar-refractivity contribution >= 4 is 22.4 Å². The fourth-order valence-electron chi connectivity index (χ4n) is 4.71. The molecule has 0 atom stereocenters. The van der Waals surface area contributed by atoms with E-state index >= 15 is 0 Å². The molecule has 0 spiro atoms. The average Bonchev–Trinajstić information content (AvgIpc) is 3.19.